The van der Waals surface area contributed by atoms with Crippen LogP contribution in [0.5, 0.6) is 0 Å². The van der Waals surface area contributed by atoms with Crippen LogP contribution in [0.25, 0.3) is 11.0 Å². The number of pyridine rings is 1. The van der Waals surface area contributed by atoms with Gasteiger partial charge in [-0.15, -0.1) is 16.6 Å². The Morgan fingerprint density at radius 3 is 2.93 bits per heavy atom. The van der Waals surface area contributed by atoms with Crippen molar-refractivity contribution in [3.63, 3.8) is 0 Å². The third-order valence-corrected chi connectivity index (χ3v) is 4.82. The van der Waals surface area contributed by atoms with Crippen LogP contribution in [0.2, 0.25) is 0 Å². The molecule has 142 valence electrons. The second-order valence-corrected chi connectivity index (χ2v) is 6.58. The Labute approximate surface area is 160 Å². The van der Waals surface area contributed by atoms with E-state index in [9.17, 15) is 9.18 Å². The zero-order chi connectivity index (χ0) is 19.7. The molecule has 0 radical (unpaired) electrons. The molecule has 1 fully saturated rings. The highest BCUT2D eigenvalue weighted by Gasteiger charge is 2.31. The van der Waals surface area contributed by atoms with Gasteiger partial charge in [-0.2, -0.15) is 0 Å². The lowest BCUT2D eigenvalue weighted by Gasteiger charge is -2.36. The molecular formula is C19H18FN7O. The van der Waals surface area contributed by atoms with Gasteiger partial charge in [0.05, 0.1) is 18.3 Å². The number of terminal acetylenes is 1. The molecule has 0 spiro atoms. The third kappa shape index (κ3) is 3.20. The van der Waals surface area contributed by atoms with E-state index >= 15 is 0 Å². The van der Waals surface area contributed by atoms with Crippen molar-refractivity contribution in [1.82, 2.24) is 20.2 Å². The Balaban J connectivity index is 1.54. The number of amides is 1. The first kappa shape index (κ1) is 17.7. The highest BCUT2D eigenvalue weighted by molar-refractivity contribution is 6.04. The maximum atomic E-state index is 14.9. The lowest BCUT2D eigenvalue weighted by molar-refractivity contribution is 0.0995. The Kier molecular flexibility index (Phi) is 4.53. The number of alkyl halides is 1. The summed E-state index contributed by atoms with van der Waals surface area (Å²) in [6.07, 6.45) is 7.93. The number of aromatic nitrogens is 4. The van der Waals surface area contributed by atoms with Crippen LogP contribution >= 0.6 is 0 Å². The summed E-state index contributed by atoms with van der Waals surface area (Å²) in [5.41, 5.74) is 6.99. The second-order valence-electron chi connectivity index (χ2n) is 6.58. The first-order valence-electron chi connectivity index (χ1n) is 8.78. The van der Waals surface area contributed by atoms with Crippen LogP contribution in [-0.2, 0) is 0 Å². The molecule has 1 amide bonds. The number of hydrogen-bond donors (Lipinski definition) is 3. The highest BCUT2D eigenvalue weighted by atomic mass is 19.1. The van der Waals surface area contributed by atoms with Crippen molar-refractivity contribution in [3.05, 3.63) is 41.9 Å². The number of hydrogen-bond acceptors (Lipinski definition) is 6. The van der Waals surface area contributed by atoms with Crippen molar-refractivity contribution in [1.29, 1.82) is 0 Å². The maximum Gasteiger partial charge on any atom is 0.271 e. The van der Waals surface area contributed by atoms with Gasteiger partial charge in [-0.1, -0.05) is 5.92 Å². The number of nitrogens with zero attached hydrogens (tertiary/aromatic N) is 4. The van der Waals surface area contributed by atoms with Crippen LogP contribution in [0.4, 0.5) is 15.9 Å². The molecule has 0 aliphatic carbocycles. The van der Waals surface area contributed by atoms with E-state index in [1.165, 1.54) is 0 Å². The van der Waals surface area contributed by atoms with Gasteiger partial charge in [0.15, 0.2) is 11.3 Å². The largest absolute Gasteiger partial charge is 0.377 e. The van der Waals surface area contributed by atoms with Gasteiger partial charge >= 0.3 is 0 Å². The van der Waals surface area contributed by atoms with Gasteiger partial charge in [0.1, 0.15) is 12.0 Å². The molecule has 0 unspecified atom stereocenters. The predicted molar refractivity (Wildman–Crippen MR) is 104 cm³/mol. The van der Waals surface area contributed by atoms with E-state index in [1.807, 2.05) is 4.90 Å². The van der Waals surface area contributed by atoms with Crippen molar-refractivity contribution in [2.24, 2.45) is 5.73 Å². The fourth-order valence-corrected chi connectivity index (χ4v) is 3.36. The number of carbonyl (C=O) groups is 1. The van der Waals surface area contributed by atoms with E-state index in [2.05, 4.69) is 31.4 Å². The molecule has 8 nitrogen and oxygen atoms in total. The van der Waals surface area contributed by atoms with Crippen LogP contribution in [0, 0.1) is 12.3 Å². The quantitative estimate of drug-likeness (QED) is 0.592. The van der Waals surface area contributed by atoms with Gasteiger partial charge < -0.3 is 20.9 Å². The number of piperidine rings is 1. The van der Waals surface area contributed by atoms with Gasteiger partial charge in [0.25, 0.3) is 5.91 Å². The molecule has 3 aromatic rings. The van der Waals surface area contributed by atoms with Crippen LogP contribution in [0.15, 0.2) is 30.6 Å². The summed E-state index contributed by atoms with van der Waals surface area (Å²) in [4.78, 5) is 20.8. The molecule has 1 aliphatic rings. The molecule has 0 bridgehead atoms. The molecule has 28 heavy (non-hydrogen) atoms. The van der Waals surface area contributed by atoms with E-state index in [1.54, 1.807) is 30.6 Å². The molecule has 0 aromatic carbocycles. The summed E-state index contributed by atoms with van der Waals surface area (Å²) < 4.78 is 14.9. The van der Waals surface area contributed by atoms with E-state index in [0.717, 1.165) is 0 Å². The lowest BCUT2D eigenvalue weighted by atomic mass is 10.0. The molecule has 4 rings (SSSR count). The number of halogens is 1. The summed E-state index contributed by atoms with van der Waals surface area (Å²) >= 11 is 0. The van der Waals surface area contributed by atoms with Gasteiger partial charge in [0, 0.05) is 29.9 Å². The van der Waals surface area contributed by atoms with E-state index in [-0.39, 0.29) is 12.2 Å². The summed E-state index contributed by atoms with van der Waals surface area (Å²) in [6, 6.07) is 4.82. The minimum absolute atomic E-state index is 0.00623. The molecule has 3 aromatic heterocycles. The minimum atomic E-state index is -1.19. The minimum Gasteiger partial charge on any atom is -0.377 e. The number of primary amides is 1. The fraction of sp³-hybridized carbons (Fsp3) is 0.263. The van der Waals surface area contributed by atoms with Crippen LogP contribution in [-0.4, -0.2) is 51.4 Å². The Morgan fingerprint density at radius 2 is 2.25 bits per heavy atom. The van der Waals surface area contributed by atoms with Crippen LogP contribution in [0.3, 0.4) is 0 Å². The number of anilines is 2. The standard InChI is InChI=1S/C19H18FN7O/c1-2-11-3-4-15(23-9-11)27-8-6-14(13(20)10-27)24-16-12-5-7-22-19(12)26-25-17(16)18(21)28/h1,3-5,7,9,13-14H,6,8,10H2,(H2,21,28)(H2,22,24,26)/t13-,14+/m0/s1. The molecule has 1 saturated heterocycles. The Hall–Kier alpha value is -3.67. The molecule has 4 heterocycles. The molecular weight excluding hydrogens is 361 g/mol. The molecule has 1 aliphatic heterocycles. The SMILES string of the molecule is C#Cc1ccc(N2CC[C@@H](Nc3c(C(N)=O)nnc4[nH]ccc34)[C@@H](F)C2)nc1. The first-order valence-corrected chi connectivity index (χ1v) is 8.78. The summed E-state index contributed by atoms with van der Waals surface area (Å²) in [7, 11) is 0. The summed E-state index contributed by atoms with van der Waals surface area (Å²) in [5.74, 6) is 2.47. The summed E-state index contributed by atoms with van der Waals surface area (Å²) in [6.45, 7) is 0.766. The fourth-order valence-electron chi connectivity index (χ4n) is 3.36. The van der Waals surface area contributed by atoms with Gasteiger partial charge in [0.2, 0.25) is 0 Å². The zero-order valence-corrected chi connectivity index (χ0v) is 14.9. The average molecular weight is 379 g/mol. The van der Waals surface area contributed by atoms with Gasteiger partial charge in [-0.3, -0.25) is 4.79 Å². The van der Waals surface area contributed by atoms with Gasteiger partial charge in [-0.25, -0.2) is 9.37 Å². The monoisotopic (exact) mass is 379 g/mol. The van der Waals surface area contributed by atoms with Gasteiger partial charge in [-0.05, 0) is 24.6 Å². The lowest BCUT2D eigenvalue weighted by Crippen LogP contribution is -2.48. The highest BCUT2D eigenvalue weighted by Crippen LogP contribution is 2.28. The number of nitrogens with two attached hydrogens (primary N) is 1. The number of rotatable bonds is 4. The Morgan fingerprint density at radius 1 is 1.39 bits per heavy atom. The number of aromatic amines is 1. The molecule has 0 saturated carbocycles. The smallest absolute Gasteiger partial charge is 0.271 e. The third-order valence-electron chi connectivity index (χ3n) is 4.82. The average Bonchev–Trinajstić information content (AvgIpc) is 3.18. The second kappa shape index (κ2) is 7.15. The van der Waals surface area contributed by atoms with E-state index in [4.69, 9.17) is 12.2 Å². The van der Waals surface area contributed by atoms with Crippen LogP contribution < -0.4 is 16.0 Å². The van der Waals surface area contributed by atoms with Crippen molar-refractivity contribution in [2.75, 3.05) is 23.3 Å². The maximum absolute atomic E-state index is 14.9. The summed E-state index contributed by atoms with van der Waals surface area (Å²) in [5, 5.41) is 11.6. The van der Waals surface area contributed by atoms with Crippen molar-refractivity contribution >= 4 is 28.4 Å². The number of carbonyl (C=O) groups excluding carboxylic acids is 1. The topological polar surface area (TPSA) is 113 Å². The van der Waals surface area contributed by atoms with Crippen molar-refractivity contribution in [3.8, 4) is 12.3 Å². The van der Waals surface area contributed by atoms with Crippen molar-refractivity contribution < 1.29 is 9.18 Å². The zero-order valence-electron chi connectivity index (χ0n) is 14.9. The van der Waals surface area contributed by atoms with E-state index < -0.39 is 18.1 Å². The Bertz CT molecular complexity index is 1060. The number of H-pyrrole nitrogens is 1. The van der Waals surface area contributed by atoms with Crippen LogP contribution in [0.1, 0.15) is 22.5 Å². The number of fused-ring (bicyclic) bond motifs is 1. The van der Waals surface area contributed by atoms with E-state index in [0.29, 0.717) is 41.1 Å². The molecule has 9 heteroatoms. The molecule has 2 atom stereocenters. The normalized spacial score (nSPS) is 19.4. The number of nitrogens with one attached hydrogen (secondary N) is 2. The first-order chi connectivity index (χ1) is 13.6. The predicted octanol–water partition coefficient (Wildman–Crippen LogP) is 1.46. The molecule has 4 N–H and O–H groups in total. The van der Waals surface area contributed by atoms with Crippen molar-refractivity contribution in [2.45, 2.75) is 18.6 Å².